The molecule has 0 atom stereocenters. The summed E-state index contributed by atoms with van der Waals surface area (Å²) in [5.74, 6) is 0. The van der Waals surface area contributed by atoms with Gasteiger partial charge in [0.05, 0.1) is 0 Å². The number of rotatable bonds is 1. The van der Waals surface area contributed by atoms with Crippen molar-refractivity contribution in [2.24, 2.45) is 5.11 Å². The molecule has 0 amide bonds. The molecule has 3 nitrogen and oxygen atoms in total. The maximum absolute atomic E-state index is 7.52. The monoisotopic (exact) mass is 115 g/mol. The van der Waals surface area contributed by atoms with Crippen LogP contribution in [0.4, 0.5) is 0 Å². The summed E-state index contributed by atoms with van der Waals surface area (Å²) in [6, 6.07) is 0. The molecule has 0 bridgehead atoms. The molecule has 0 aromatic heterocycles. The Morgan fingerprint density at radius 3 is 1.75 bits per heavy atom. The Hall–Kier alpha value is -0.690. The summed E-state index contributed by atoms with van der Waals surface area (Å²) in [6.07, 6.45) is 1.25. The van der Waals surface area contributed by atoms with Gasteiger partial charge < -0.3 is 0 Å². The van der Waals surface area contributed by atoms with Crippen LogP contribution in [0.25, 0.3) is 10.4 Å². The molecule has 8 heavy (non-hydrogen) atoms. The van der Waals surface area contributed by atoms with E-state index in [0.29, 0.717) is 6.54 Å². The van der Waals surface area contributed by atoms with Gasteiger partial charge >= 0.3 is 0 Å². The molecule has 0 aromatic rings. The fourth-order valence-electron chi connectivity index (χ4n) is 0.0632. The Kier molecular flexibility index (Phi) is 21.0. The predicted octanol–water partition coefficient (Wildman–Crippen LogP) is 2.73. The molecule has 0 aliphatic rings. The topological polar surface area (TPSA) is 48.8 Å². The SMILES string of the molecule is CCC.CCN=[N+]=[N-]. The number of hydrogen-bond donors (Lipinski definition) is 0. The summed E-state index contributed by atoms with van der Waals surface area (Å²) in [6.45, 7) is 6.59. The van der Waals surface area contributed by atoms with Crippen molar-refractivity contribution < 1.29 is 0 Å². The third-order valence-electron chi connectivity index (χ3n) is 0.205. The van der Waals surface area contributed by atoms with Crippen molar-refractivity contribution in [2.75, 3.05) is 6.54 Å². The van der Waals surface area contributed by atoms with Gasteiger partial charge in [-0.2, -0.15) is 0 Å². The first-order valence-electron chi connectivity index (χ1n) is 2.84. The van der Waals surface area contributed by atoms with Crippen molar-refractivity contribution >= 4 is 0 Å². The number of azide groups is 1. The van der Waals surface area contributed by atoms with Crippen molar-refractivity contribution in [3.05, 3.63) is 10.4 Å². The smallest absolute Gasteiger partial charge is 0.0229 e. The first-order valence-corrected chi connectivity index (χ1v) is 2.84. The van der Waals surface area contributed by atoms with Crippen molar-refractivity contribution in [1.82, 2.24) is 0 Å². The second-order valence-corrected chi connectivity index (χ2v) is 1.25. The molecule has 0 aliphatic heterocycles. The molecule has 0 aromatic carbocycles. The number of hydrogen-bond acceptors (Lipinski definition) is 1. The van der Waals surface area contributed by atoms with Gasteiger partial charge in [0.2, 0.25) is 0 Å². The van der Waals surface area contributed by atoms with Gasteiger partial charge in [-0.1, -0.05) is 32.3 Å². The van der Waals surface area contributed by atoms with Gasteiger partial charge in [-0.25, -0.2) is 0 Å². The minimum Gasteiger partial charge on any atom is -0.0943 e. The summed E-state index contributed by atoms with van der Waals surface area (Å²) >= 11 is 0. The van der Waals surface area contributed by atoms with Crippen LogP contribution in [0.3, 0.4) is 0 Å². The van der Waals surface area contributed by atoms with E-state index in [4.69, 9.17) is 5.53 Å². The van der Waals surface area contributed by atoms with E-state index in [-0.39, 0.29) is 0 Å². The Labute approximate surface area is 50.3 Å². The summed E-state index contributed by atoms with van der Waals surface area (Å²) in [5, 5.41) is 3.15. The fourth-order valence-corrected chi connectivity index (χ4v) is 0.0632. The highest BCUT2D eigenvalue weighted by atomic mass is 15.1. The van der Waals surface area contributed by atoms with Crippen molar-refractivity contribution in [2.45, 2.75) is 27.2 Å². The molecule has 0 rings (SSSR count). The summed E-state index contributed by atoms with van der Waals surface area (Å²) in [5.41, 5.74) is 7.52. The minimum absolute atomic E-state index is 0.552. The molecule has 0 spiro atoms. The molecule has 0 saturated carbocycles. The molecule has 0 fully saturated rings. The lowest BCUT2D eigenvalue weighted by molar-refractivity contribution is 1.09. The van der Waals surface area contributed by atoms with Crippen molar-refractivity contribution in [3.8, 4) is 0 Å². The summed E-state index contributed by atoms with van der Waals surface area (Å²) < 4.78 is 0. The van der Waals surface area contributed by atoms with Gasteiger partial charge in [-0.05, 0) is 5.53 Å². The molecule has 3 heteroatoms. The first-order chi connectivity index (χ1) is 3.83. The molecular formula is C5H13N3. The van der Waals surface area contributed by atoms with E-state index >= 15 is 0 Å². The van der Waals surface area contributed by atoms with Crippen LogP contribution in [0.5, 0.6) is 0 Å². The van der Waals surface area contributed by atoms with Crippen molar-refractivity contribution in [1.29, 1.82) is 0 Å². The maximum Gasteiger partial charge on any atom is 0.0229 e. The second-order valence-electron chi connectivity index (χ2n) is 1.25. The van der Waals surface area contributed by atoms with Crippen LogP contribution >= 0.6 is 0 Å². The Morgan fingerprint density at radius 1 is 1.38 bits per heavy atom. The second kappa shape index (κ2) is 16.2. The highest BCUT2D eigenvalue weighted by Gasteiger charge is 1.51. The molecule has 0 radical (unpaired) electrons. The maximum atomic E-state index is 7.52. The quantitative estimate of drug-likeness (QED) is 0.286. The lowest BCUT2D eigenvalue weighted by Crippen LogP contribution is -1.52. The number of nitrogens with zero attached hydrogens (tertiary/aromatic N) is 3. The summed E-state index contributed by atoms with van der Waals surface area (Å²) in [4.78, 5) is 2.48. The van der Waals surface area contributed by atoms with E-state index in [1.54, 1.807) is 6.92 Å². The lowest BCUT2D eigenvalue weighted by Gasteiger charge is -1.57. The molecule has 0 N–H and O–H groups in total. The fraction of sp³-hybridized carbons (Fsp3) is 1.00. The molecule has 48 valence electrons. The van der Waals surface area contributed by atoms with Gasteiger partial charge in [0.15, 0.2) is 0 Å². The van der Waals surface area contributed by atoms with E-state index in [9.17, 15) is 0 Å². The average molecular weight is 115 g/mol. The van der Waals surface area contributed by atoms with Crippen LogP contribution in [0.15, 0.2) is 5.11 Å². The van der Waals surface area contributed by atoms with Gasteiger partial charge in [0.1, 0.15) is 0 Å². The van der Waals surface area contributed by atoms with Gasteiger partial charge in [-0.3, -0.25) is 0 Å². The minimum atomic E-state index is 0.552. The average Bonchev–Trinajstić information content (AvgIpc) is 1.71. The lowest BCUT2D eigenvalue weighted by atomic mass is 10.6. The molecule has 0 saturated heterocycles. The van der Waals surface area contributed by atoms with Crippen LogP contribution in [0.2, 0.25) is 0 Å². The normalized spacial score (nSPS) is 5.88. The van der Waals surface area contributed by atoms with Crippen LogP contribution < -0.4 is 0 Å². The molecular weight excluding hydrogens is 102 g/mol. The standard InChI is InChI=1S/C3H8.C2H5N3/c1-3-2;1-2-4-5-3/h3H2,1-2H3;2H2,1H3. The highest BCUT2D eigenvalue weighted by molar-refractivity contribution is 4.36. The van der Waals surface area contributed by atoms with Crippen LogP contribution in [0, 0.1) is 0 Å². The van der Waals surface area contributed by atoms with Gasteiger partial charge in [-0.15, -0.1) is 0 Å². The molecule has 0 heterocycles. The third-order valence-corrected chi connectivity index (χ3v) is 0.205. The Morgan fingerprint density at radius 2 is 1.75 bits per heavy atom. The van der Waals surface area contributed by atoms with E-state index < -0.39 is 0 Å². The van der Waals surface area contributed by atoms with E-state index in [0.717, 1.165) is 0 Å². The van der Waals surface area contributed by atoms with E-state index in [1.165, 1.54) is 6.42 Å². The zero-order valence-electron chi connectivity index (χ0n) is 5.76. The van der Waals surface area contributed by atoms with E-state index in [1.807, 2.05) is 0 Å². The highest BCUT2D eigenvalue weighted by Crippen LogP contribution is 1.61. The zero-order valence-corrected chi connectivity index (χ0v) is 5.76. The van der Waals surface area contributed by atoms with Gasteiger partial charge in [0, 0.05) is 11.5 Å². The third kappa shape index (κ3) is 57.5. The predicted molar refractivity (Wildman–Crippen MR) is 35.7 cm³/mol. The Bertz CT molecular complexity index is 64.1. The molecule has 0 unspecified atom stereocenters. The van der Waals surface area contributed by atoms with Crippen LogP contribution in [-0.4, -0.2) is 6.54 Å². The largest absolute Gasteiger partial charge is 0.0943 e. The first kappa shape index (κ1) is 10.3. The van der Waals surface area contributed by atoms with Crippen LogP contribution in [-0.2, 0) is 0 Å². The Balaban J connectivity index is 0. The van der Waals surface area contributed by atoms with Crippen molar-refractivity contribution in [3.63, 3.8) is 0 Å². The van der Waals surface area contributed by atoms with E-state index in [2.05, 4.69) is 23.9 Å². The van der Waals surface area contributed by atoms with Crippen LogP contribution in [0.1, 0.15) is 27.2 Å². The van der Waals surface area contributed by atoms with Gasteiger partial charge in [0.25, 0.3) is 0 Å². The molecule has 0 aliphatic carbocycles. The summed E-state index contributed by atoms with van der Waals surface area (Å²) in [7, 11) is 0. The zero-order chi connectivity index (χ0) is 6.83.